The molecule has 1 aromatic rings. The van der Waals surface area contributed by atoms with Crippen LogP contribution in [-0.4, -0.2) is 28.0 Å². The van der Waals surface area contributed by atoms with Crippen molar-refractivity contribution in [3.8, 4) is 0 Å². The Hall–Kier alpha value is -1.39. The Morgan fingerprint density at radius 2 is 1.53 bits per heavy atom. The van der Waals surface area contributed by atoms with Crippen molar-refractivity contribution in [2.45, 2.75) is 57.3 Å². The van der Waals surface area contributed by atoms with Crippen LogP contribution < -0.4 is 10.6 Å². The van der Waals surface area contributed by atoms with E-state index < -0.39 is 0 Å². The predicted molar refractivity (Wildman–Crippen MR) is 76.1 cm³/mol. The molecule has 5 heteroatoms. The number of anilines is 2. The van der Waals surface area contributed by atoms with E-state index in [9.17, 15) is 0 Å². The smallest absolute Gasteiger partial charge is 0.230 e. The van der Waals surface area contributed by atoms with Crippen LogP contribution in [0, 0.1) is 0 Å². The van der Waals surface area contributed by atoms with E-state index in [1.807, 2.05) is 0 Å². The molecule has 19 heavy (non-hydrogen) atoms. The predicted octanol–water partition coefficient (Wildman–Crippen LogP) is 2.49. The molecule has 0 bridgehead atoms. The molecule has 5 nitrogen and oxygen atoms in total. The molecular weight excluding hydrogens is 238 g/mol. The van der Waals surface area contributed by atoms with Crippen LogP contribution in [0.15, 0.2) is 0 Å². The minimum absolute atomic E-state index is 0.385. The largest absolute Gasteiger partial charge is 0.368 e. The number of nitrogens with two attached hydrogens (primary N) is 1. The molecule has 2 aliphatic rings. The lowest BCUT2D eigenvalue weighted by Gasteiger charge is -2.21. The third-order valence-electron chi connectivity index (χ3n) is 4.27. The molecule has 3 rings (SSSR count). The first-order chi connectivity index (χ1) is 9.33. The summed E-state index contributed by atoms with van der Waals surface area (Å²) in [5, 5.41) is 0. The number of rotatable bonds is 2. The SMILES string of the molecule is Nc1nc(C2CCCC2)nc(N2CCCCCC2)n1. The summed E-state index contributed by atoms with van der Waals surface area (Å²) in [7, 11) is 0. The lowest BCUT2D eigenvalue weighted by molar-refractivity contribution is 0.654. The van der Waals surface area contributed by atoms with E-state index in [-0.39, 0.29) is 0 Å². The summed E-state index contributed by atoms with van der Waals surface area (Å²) in [6.45, 7) is 2.10. The molecule has 1 aliphatic heterocycles. The monoisotopic (exact) mass is 261 g/mol. The van der Waals surface area contributed by atoms with E-state index in [1.165, 1.54) is 51.4 Å². The normalized spacial score (nSPS) is 21.6. The Kier molecular flexibility index (Phi) is 3.80. The first kappa shape index (κ1) is 12.6. The molecule has 104 valence electrons. The van der Waals surface area contributed by atoms with Gasteiger partial charge in [0.15, 0.2) is 0 Å². The lowest BCUT2D eigenvalue weighted by Crippen LogP contribution is -2.27. The van der Waals surface area contributed by atoms with Crippen molar-refractivity contribution < 1.29 is 0 Å². The Balaban J connectivity index is 1.83. The number of hydrogen-bond acceptors (Lipinski definition) is 5. The molecule has 1 aliphatic carbocycles. The average Bonchev–Trinajstić information content (AvgIpc) is 2.81. The van der Waals surface area contributed by atoms with Crippen LogP contribution in [-0.2, 0) is 0 Å². The Labute approximate surface area is 114 Å². The van der Waals surface area contributed by atoms with E-state index >= 15 is 0 Å². The highest BCUT2D eigenvalue weighted by Crippen LogP contribution is 2.32. The summed E-state index contributed by atoms with van der Waals surface area (Å²) in [4.78, 5) is 15.7. The van der Waals surface area contributed by atoms with Crippen molar-refractivity contribution >= 4 is 11.9 Å². The van der Waals surface area contributed by atoms with E-state index in [4.69, 9.17) is 10.7 Å². The first-order valence-electron chi connectivity index (χ1n) is 7.59. The number of nitrogens with zero attached hydrogens (tertiary/aromatic N) is 4. The highest BCUT2D eigenvalue weighted by atomic mass is 15.3. The van der Waals surface area contributed by atoms with Gasteiger partial charge >= 0.3 is 0 Å². The van der Waals surface area contributed by atoms with E-state index in [0.29, 0.717) is 11.9 Å². The molecule has 0 radical (unpaired) electrons. The van der Waals surface area contributed by atoms with Gasteiger partial charge < -0.3 is 10.6 Å². The van der Waals surface area contributed by atoms with Crippen molar-refractivity contribution in [2.75, 3.05) is 23.7 Å². The van der Waals surface area contributed by atoms with Gasteiger partial charge in [-0.05, 0) is 25.7 Å². The van der Waals surface area contributed by atoms with Gasteiger partial charge in [-0.3, -0.25) is 0 Å². The third-order valence-corrected chi connectivity index (χ3v) is 4.27. The van der Waals surface area contributed by atoms with Crippen LogP contribution >= 0.6 is 0 Å². The fourth-order valence-corrected chi connectivity index (χ4v) is 3.18. The average molecular weight is 261 g/mol. The molecule has 0 unspecified atom stereocenters. The van der Waals surface area contributed by atoms with Gasteiger partial charge in [0, 0.05) is 19.0 Å². The van der Waals surface area contributed by atoms with Crippen molar-refractivity contribution in [3.05, 3.63) is 5.82 Å². The molecule has 1 saturated heterocycles. The van der Waals surface area contributed by atoms with Crippen molar-refractivity contribution in [2.24, 2.45) is 0 Å². The van der Waals surface area contributed by atoms with Crippen LogP contribution in [0.5, 0.6) is 0 Å². The quantitative estimate of drug-likeness (QED) is 0.886. The van der Waals surface area contributed by atoms with Crippen LogP contribution in [0.4, 0.5) is 11.9 Å². The molecular formula is C14H23N5. The zero-order valence-corrected chi connectivity index (χ0v) is 11.5. The van der Waals surface area contributed by atoms with E-state index in [0.717, 1.165) is 24.9 Å². The van der Waals surface area contributed by atoms with Gasteiger partial charge in [-0.1, -0.05) is 25.7 Å². The summed E-state index contributed by atoms with van der Waals surface area (Å²) >= 11 is 0. The Bertz CT molecular complexity index is 420. The Morgan fingerprint density at radius 3 is 2.21 bits per heavy atom. The first-order valence-corrected chi connectivity index (χ1v) is 7.59. The zero-order valence-electron chi connectivity index (χ0n) is 11.5. The molecule has 2 fully saturated rings. The summed E-state index contributed by atoms with van der Waals surface area (Å²) in [5.74, 6) is 2.60. The molecule has 0 atom stereocenters. The van der Waals surface area contributed by atoms with Crippen LogP contribution in [0.3, 0.4) is 0 Å². The van der Waals surface area contributed by atoms with Gasteiger partial charge in [-0.25, -0.2) is 0 Å². The fourth-order valence-electron chi connectivity index (χ4n) is 3.18. The second kappa shape index (κ2) is 5.72. The third kappa shape index (κ3) is 2.96. The minimum Gasteiger partial charge on any atom is -0.368 e. The molecule has 1 saturated carbocycles. The molecule has 0 aromatic carbocycles. The van der Waals surface area contributed by atoms with Gasteiger partial charge in [0.1, 0.15) is 5.82 Å². The van der Waals surface area contributed by atoms with E-state index in [1.54, 1.807) is 0 Å². The second-order valence-corrected chi connectivity index (χ2v) is 5.73. The summed E-state index contributed by atoms with van der Waals surface area (Å²) in [6.07, 6.45) is 10.0. The Morgan fingerprint density at radius 1 is 0.842 bits per heavy atom. The highest BCUT2D eigenvalue weighted by Gasteiger charge is 2.22. The highest BCUT2D eigenvalue weighted by molar-refractivity contribution is 5.35. The molecule has 2 N–H and O–H groups in total. The minimum atomic E-state index is 0.385. The topological polar surface area (TPSA) is 67.9 Å². The fraction of sp³-hybridized carbons (Fsp3) is 0.786. The maximum atomic E-state index is 5.88. The maximum absolute atomic E-state index is 5.88. The van der Waals surface area contributed by atoms with Crippen LogP contribution in [0.2, 0.25) is 0 Å². The zero-order chi connectivity index (χ0) is 13.1. The maximum Gasteiger partial charge on any atom is 0.230 e. The second-order valence-electron chi connectivity index (χ2n) is 5.73. The van der Waals surface area contributed by atoms with Gasteiger partial charge in [0.2, 0.25) is 11.9 Å². The molecule has 1 aromatic heterocycles. The van der Waals surface area contributed by atoms with Gasteiger partial charge in [-0.2, -0.15) is 15.0 Å². The number of nitrogen functional groups attached to an aromatic ring is 1. The lowest BCUT2D eigenvalue weighted by atomic mass is 10.1. The number of aromatic nitrogens is 3. The van der Waals surface area contributed by atoms with Crippen molar-refractivity contribution in [3.63, 3.8) is 0 Å². The van der Waals surface area contributed by atoms with Crippen molar-refractivity contribution in [1.82, 2.24) is 15.0 Å². The van der Waals surface area contributed by atoms with Crippen LogP contribution in [0.25, 0.3) is 0 Å². The molecule has 2 heterocycles. The molecule has 0 spiro atoms. The summed E-state index contributed by atoms with van der Waals surface area (Å²) < 4.78 is 0. The summed E-state index contributed by atoms with van der Waals surface area (Å²) in [5.41, 5.74) is 5.88. The van der Waals surface area contributed by atoms with Crippen LogP contribution in [0.1, 0.15) is 63.1 Å². The van der Waals surface area contributed by atoms with E-state index in [2.05, 4.69) is 14.9 Å². The standard InChI is InChI=1S/C14H23N5/c15-13-16-12(11-7-3-4-8-11)17-14(18-13)19-9-5-1-2-6-10-19/h11H,1-10H2,(H2,15,16,17,18). The van der Waals surface area contributed by atoms with Gasteiger partial charge in [-0.15, -0.1) is 0 Å². The van der Waals surface area contributed by atoms with Crippen molar-refractivity contribution in [1.29, 1.82) is 0 Å². The summed E-state index contributed by atoms with van der Waals surface area (Å²) in [6, 6.07) is 0. The number of hydrogen-bond donors (Lipinski definition) is 1. The van der Waals surface area contributed by atoms with Gasteiger partial charge in [0.05, 0.1) is 0 Å². The molecule has 0 amide bonds. The van der Waals surface area contributed by atoms with Gasteiger partial charge in [0.25, 0.3) is 0 Å².